The van der Waals surface area contributed by atoms with Crippen molar-refractivity contribution in [3.63, 3.8) is 0 Å². The molecule has 15 heavy (non-hydrogen) atoms. The third-order valence-electron chi connectivity index (χ3n) is 1.97. The number of aryl methyl sites for hydroxylation is 1. The van der Waals surface area contributed by atoms with Gasteiger partial charge in [-0.2, -0.15) is 5.26 Å². The van der Waals surface area contributed by atoms with Crippen molar-refractivity contribution < 1.29 is 8.42 Å². The van der Waals surface area contributed by atoms with Gasteiger partial charge in [0.15, 0.2) is 0 Å². The first-order chi connectivity index (χ1) is 6.90. The van der Waals surface area contributed by atoms with Gasteiger partial charge in [0.2, 0.25) is 0 Å². The van der Waals surface area contributed by atoms with E-state index in [1.165, 1.54) is 12.1 Å². The predicted molar refractivity (Wildman–Crippen MR) is 58.5 cm³/mol. The summed E-state index contributed by atoms with van der Waals surface area (Å²) >= 11 is 5.64. The number of benzene rings is 1. The Morgan fingerprint density at radius 2 is 2.07 bits per heavy atom. The summed E-state index contributed by atoms with van der Waals surface area (Å²) in [5.74, 6) is 0.225. The second-order valence-corrected chi connectivity index (χ2v) is 5.76. The molecule has 0 heterocycles. The minimum atomic E-state index is -3.89. The average molecular weight is 264 g/mol. The van der Waals surface area contributed by atoms with Crippen molar-refractivity contribution in [2.24, 2.45) is 0 Å². The maximum absolute atomic E-state index is 11.1. The van der Waals surface area contributed by atoms with Gasteiger partial charge in [-0.15, -0.1) is 11.6 Å². The first-order valence-electron chi connectivity index (χ1n) is 3.94. The van der Waals surface area contributed by atoms with Gasteiger partial charge >= 0.3 is 0 Å². The van der Waals surface area contributed by atoms with Crippen LogP contribution in [-0.4, -0.2) is 8.42 Å². The van der Waals surface area contributed by atoms with Gasteiger partial charge in [-0.25, -0.2) is 8.42 Å². The van der Waals surface area contributed by atoms with Crippen LogP contribution in [0.2, 0.25) is 0 Å². The Labute approximate surface area is 97.7 Å². The molecule has 0 aliphatic rings. The lowest BCUT2D eigenvalue weighted by Gasteiger charge is -2.06. The maximum atomic E-state index is 11.1. The van der Waals surface area contributed by atoms with Crippen LogP contribution >= 0.6 is 22.3 Å². The summed E-state index contributed by atoms with van der Waals surface area (Å²) in [6, 6.07) is 4.58. The molecule has 0 N–H and O–H groups in total. The molecule has 1 aromatic carbocycles. The molecule has 0 amide bonds. The van der Waals surface area contributed by atoms with Crippen LogP contribution in [0.4, 0.5) is 0 Å². The summed E-state index contributed by atoms with van der Waals surface area (Å²) in [5.41, 5.74) is 1.44. The summed E-state index contributed by atoms with van der Waals surface area (Å²) in [6.45, 7) is 1.71. The van der Waals surface area contributed by atoms with E-state index in [0.717, 1.165) is 5.56 Å². The average Bonchev–Trinajstić information content (AvgIpc) is 2.16. The van der Waals surface area contributed by atoms with Gasteiger partial charge in [-0.3, -0.25) is 0 Å². The molecular weight excluding hydrogens is 257 g/mol. The van der Waals surface area contributed by atoms with Crippen molar-refractivity contribution in [3.8, 4) is 6.07 Å². The topological polar surface area (TPSA) is 57.9 Å². The van der Waals surface area contributed by atoms with E-state index in [1.54, 1.807) is 13.0 Å². The Bertz CT molecular complexity index is 532. The number of alkyl halides is 1. The van der Waals surface area contributed by atoms with Crippen molar-refractivity contribution in [2.45, 2.75) is 17.7 Å². The summed E-state index contributed by atoms with van der Waals surface area (Å²) < 4.78 is 22.3. The van der Waals surface area contributed by atoms with Gasteiger partial charge in [0.05, 0.1) is 5.56 Å². The number of halogens is 2. The number of nitriles is 1. The van der Waals surface area contributed by atoms with Crippen molar-refractivity contribution in [3.05, 3.63) is 28.8 Å². The largest absolute Gasteiger partial charge is 0.262 e. The molecule has 0 aliphatic heterocycles. The molecule has 0 fully saturated rings. The zero-order valence-corrected chi connectivity index (χ0v) is 10.1. The molecule has 0 radical (unpaired) electrons. The lowest BCUT2D eigenvalue weighted by molar-refractivity contribution is 0.609. The minimum absolute atomic E-state index is 0.0197. The maximum Gasteiger partial charge on any atom is 0.262 e. The van der Waals surface area contributed by atoms with Crippen molar-refractivity contribution in [1.29, 1.82) is 5.26 Å². The standard InChI is InChI=1S/C9H7Cl2NO2S/c1-6-2-9(15(11,13)14)8(5-12)3-7(6)4-10/h2-3H,4H2,1H3. The molecule has 1 rings (SSSR count). The van der Waals surface area contributed by atoms with Crippen molar-refractivity contribution >= 4 is 31.3 Å². The molecule has 80 valence electrons. The van der Waals surface area contributed by atoms with E-state index in [2.05, 4.69) is 0 Å². The monoisotopic (exact) mass is 263 g/mol. The molecule has 6 heteroatoms. The Kier molecular flexibility index (Phi) is 3.61. The highest BCUT2D eigenvalue weighted by Gasteiger charge is 2.17. The molecular formula is C9H7Cl2NO2S. The third-order valence-corrected chi connectivity index (χ3v) is 3.62. The summed E-state index contributed by atoms with van der Waals surface area (Å²) in [5, 5.41) is 8.78. The lowest BCUT2D eigenvalue weighted by atomic mass is 10.1. The lowest BCUT2D eigenvalue weighted by Crippen LogP contribution is -1.98. The first-order valence-corrected chi connectivity index (χ1v) is 6.78. The van der Waals surface area contributed by atoms with Crippen molar-refractivity contribution in [1.82, 2.24) is 0 Å². The second-order valence-electron chi connectivity index (χ2n) is 2.96. The fourth-order valence-electron chi connectivity index (χ4n) is 1.16. The van der Waals surface area contributed by atoms with Gasteiger partial charge in [0.1, 0.15) is 11.0 Å². The van der Waals surface area contributed by atoms with E-state index < -0.39 is 9.05 Å². The van der Waals surface area contributed by atoms with Gasteiger partial charge in [0.25, 0.3) is 9.05 Å². The molecule has 0 aromatic heterocycles. The number of rotatable bonds is 2. The van der Waals surface area contributed by atoms with Crippen LogP contribution in [0.25, 0.3) is 0 Å². The molecule has 1 aromatic rings. The van der Waals surface area contributed by atoms with Crippen LogP contribution in [0, 0.1) is 18.3 Å². The van der Waals surface area contributed by atoms with E-state index >= 15 is 0 Å². The highest BCUT2D eigenvalue weighted by molar-refractivity contribution is 8.13. The van der Waals surface area contributed by atoms with Crippen LogP contribution < -0.4 is 0 Å². The molecule has 3 nitrogen and oxygen atoms in total. The Morgan fingerprint density at radius 3 is 2.47 bits per heavy atom. The van der Waals surface area contributed by atoms with E-state index in [0.29, 0.717) is 5.56 Å². The first kappa shape index (κ1) is 12.3. The van der Waals surface area contributed by atoms with Gasteiger partial charge in [-0.05, 0) is 30.2 Å². The summed E-state index contributed by atoms with van der Waals surface area (Å²) in [7, 11) is 1.31. The minimum Gasteiger partial charge on any atom is -0.207 e. The molecule has 0 saturated carbocycles. The number of hydrogen-bond donors (Lipinski definition) is 0. The normalized spacial score (nSPS) is 11.1. The molecule has 0 unspecified atom stereocenters. The smallest absolute Gasteiger partial charge is 0.207 e. The highest BCUT2D eigenvalue weighted by atomic mass is 35.7. The highest BCUT2D eigenvalue weighted by Crippen LogP contribution is 2.24. The van der Waals surface area contributed by atoms with Crippen LogP contribution in [-0.2, 0) is 14.9 Å². The Hall–Kier alpha value is -0.760. The third kappa shape index (κ3) is 2.63. The SMILES string of the molecule is Cc1cc(S(=O)(=O)Cl)c(C#N)cc1CCl. The van der Waals surface area contributed by atoms with E-state index in [4.69, 9.17) is 27.5 Å². The molecule has 0 spiro atoms. The molecule has 0 aliphatic carbocycles. The number of hydrogen-bond acceptors (Lipinski definition) is 3. The molecule has 0 bridgehead atoms. The fraction of sp³-hybridized carbons (Fsp3) is 0.222. The quantitative estimate of drug-likeness (QED) is 0.609. The van der Waals surface area contributed by atoms with Crippen LogP contribution in [0.3, 0.4) is 0 Å². The second kappa shape index (κ2) is 4.40. The fourth-order valence-corrected chi connectivity index (χ4v) is 2.52. The number of nitrogens with zero attached hydrogens (tertiary/aromatic N) is 1. The van der Waals surface area contributed by atoms with E-state index in [1.807, 2.05) is 0 Å². The van der Waals surface area contributed by atoms with Gasteiger partial charge in [-0.1, -0.05) is 0 Å². The van der Waals surface area contributed by atoms with Crippen molar-refractivity contribution in [2.75, 3.05) is 0 Å². The summed E-state index contributed by atoms with van der Waals surface area (Å²) in [4.78, 5) is -0.168. The summed E-state index contributed by atoms with van der Waals surface area (Å²) in [6.07, 6.45) is 0. The van der Waals surface area contributed by atoms with Gasteiger partial charge < -0.3 is 0 Å². The Balaban J connectivity index is 3.57. The van der Waals surface area contributed by atoms with Crippen LogP contribution in [0.15, 0.2) is 17.0 Å². The van der Waals surface area contributed by atoms with E-state index in [-0.39, 0.29) is 16.3 Å². The van der Waals surface area contributed by atoms with E-state index in [9.17, 15) is 8.42 Å². The molecule has 0 saturated heterocycles. The Morgan fingerprint density at radius 1 is 1.47 bits per heavy atom. The zero-order chi connectivity index (χ0) is 11.6. The molecule has 0 atom stereocenters. The predicted octanol–water partition coefficient (Wildman–Crippen LogP) is 2.53. The van der Waals surface area contributed by atoms with Crippen LogP contribution in [0.1, 0.15) is 16.7 Å². The van der Waals surface area contributed by atoms with Gasteiger partial charge in [0, 0.05) is 16.6 Å². The zero-order valence-electron chi connectivity index (χ0n) is 7.79. The van der Waals surface area contributed by atoms with Crippen LogP contribution in [0.5, 0.6) is 0 Å².